The summed E-state index contributed by atoms with van der Waals surface area (Å²) < 4.78 is 0. The van der Waals surface area contributed by atoms with Crippen molar-refractivity contribution in [2.24, 2.45) is 0 Å². The Bertz CT molecular complexity index is 1870. The second kappa shape index (κ2) is 25.0. The fraction of sp³-hybridized carbons (Fsp3) is 0. The van der Waals surface area contributed by atoms with Crippen LogP contribution in [-0.2, 0) is 19.5 Å². The molecule has 0 unspecified atom stereocenters. The second-order valence-electron chi connectivity index (χ2n) is 13.0. The minimum atomic E-state index is -0.446. The summed E-state index contributed by atoms with van der Waals surface area (Å²) >= 11 is 0. The van der Waals surface area contributed by atoms with Gasteiger partial charge in [0.25, 0.3) is 0 Å². The van der Waals surface area contributed by atoms with Crippen LogP contribution in [0.15, 0.2) is 273 Å². The Kier molecular flexibility index (Phi) is 19.1. The van der Waals surface area contributed by atoms with Crippen molar-refractivity contribution in [3.05, 3.63) is 273 Å². The maximum atomic E-state index is 2.23. The molecular formula is C54H45ClP3Ru-. The molecule has 0 aromatic heterocycles. The monoisotopic (exact) mass is 923 g/mol. The molecule has 9 aromatic carbocycles. The summed E-state index contributed by atoms with van der Waals surface area (Å²) in [6.07, 6.45) is 0. The van der Waals surface area contributed by atoms with Crippen LogP contribution in [-0.4, -0.2) is 0 Å². The minimum Gasteiger partial charge on any atom is -1.00 e. The van der Waals surface area contributed by atoms with Crippen molar-refractivity contribution in [3.8, 4) is 0 Å². The zero-order chi connectivity index (χ0) is 38.7. The Morgan fingerprint density at radius 1 is 0.153 bits per heavy atom. The van der Waals surface area contributed by atoms with Gasteiger partial charge in [0.1, 0.15) is 0 Å². The Morgan fingerprint density at radius 2 is 0.237 bits per heavy atom. The summed E-state index contributed by atoms with van der Waals surface area (Å²) in [7, 11) is -1.34. The van der Waals surface area contributed by atoms with E-state index in [2.05, 4.69) is 273 Å². The first-order chi connectivity index (χ1) is 28.3. The average molecular weight is 923 g/mol. The van der Waals surface area contributed by atoms with E-state index < -0.39 is 23.8 Å². The van der Waals surface area contributed by atoms with Gasteiger partial charge in [-0.05, 0) is 71.5 Å². The summed E-state index contributed by atoms with van der Waals surface area (Å²) in [5, 5.41) is 12.6. The van der Waals surface area contributed by atoms with Crippen LogP contribution in [0.1, 0.15) is 0 Å². The third-order valence-electron chi connectivity index (χ3n) is 9.13. The maximum absolute atomic E-state index is 2.23. The topological polar surface area (TPSA) is 0 Å². The normalized spacial score (nSPS) is 10.2. The van der Waals surface area contributed by atoms with E-state index in [4.69, 9.17) is 0 Å². The van der Waals surface area contributed by atoms with Crippen molar-refractivity contribution >= 4 is 71.5 Å². The molecule has 0 fully saturated rings. The molecule has 292 valence electrons. The van der Waals surface area contributed by atoms with Gasteiger partial charge in [0.15, 0.2) is 0 Å². The van der Waals surface area contributed by atoms with Gasteiger partial charge in [0, 0.05) is 19.5 Å². The van der Waals surface area contributed by atoms with Crippen molar-refractivity contribution in [2.75, 3.05) is 0 Å². The first-order valence-electron chi connectivity index (χ1n) is 19.2. The van der Waals surface area contributed by atoms with E-state index in [9.17, 15) is 0 Å². The van der Waals surface area contributed by atoms with Gasteiger partial charge in [-0.1, -0.05) is 273 Å². The Morgan fingerprint density at radius 3 is 0.322 bits per heavy atom. The first-order valence-corrected chi connectivity index (χ1v) is 23.2. The molecule has 0 atom stereocenters. The van der Waals surface area contributed by atoms with Gasteiger partial charge in [0.2, 0.25) is 0 Å². The molecule has 0 amide bonds. The van der Waals surface area contributed by atoms with Crippen LogP contribution in [0.25, 0.3) is 0 Å². The summed E-state index contributed by atoms with van der Waals surface area (Å²) in [5.74, 6) is 0. The predicted molar refractivity (Wildman–Crippen MR) is 255 cm³/mol. The van der Waals surface area contributed by atoms with E-state index in [0.717, 1.165) is 0 Å². The molecule has 9 rings (SSSR count). The van der Waals surface area contributed by atoms with E-state index >= 15 is 0 Å². The number of halogens is 1. The van der Waals surface area contributed by atoms with Gasteiger partial charge in [0.05, 0.1) is 0 Å². The third kappa shape index (κ3) is 13.1. The standard InChI is InChI=1S/3C18H15P.ClH.Ru/c3*1-4-10-16(11-5-1)19(17-12-6-2-7-13-17)18-14-8-3-9-15-18;;/h3*1-15H;1H;/p-1. The predicted octanol–water partition coefficient (Wildman–Crippen LogP) is 7.34. The van der Waals surface area contributed by atoms with Crippen LogP contribution in [0.4, 0.5) is 0 Å². The van der Waals surface area contributed by atoms with Gasteiger partial charge in [-0.2, -0.15) is 0 Å². The third-order valence-corrected chi connectivity index (χ3v) is 16.5. The van der Waals surface area contributed by atoms with Crippen LogP contribution in [0, 0.1) is 0 Å². The van der Waals surface area contributed by atoms with Crippen molar-refractivity contribution < 1.29 is 31.9 Å². The van der Waals surface area contributed by atoms with Crippen LogP contribution in [0.2, 0.25) is 0 Å². The number of rotatable bonds is 9. The molecule has 0 aliphatic rings. The van der Waals surface area contributed by atoms with Gasteiger partial charge in [-0.25, -0.2) is 0 Å². The van der Waals surface area contributed by atoms with Crippen molar-refractivity contribution in [1.82, 2.24) is 0 Å². The molecule has 0 nitrogen and oxygen atoms in total. The van der Waals surface area contributed by atoms with Gasteiger partial charge in [-0.3, -0.25) is 0 Å². The Balaban J connectivity index is 0.000000165. The van der Waals surface area contributed by atoms with Gasteiger partial charge in [-0.15, -0.1) is 0 Å². The zero-order valence-corrected chi connectivity index (χ0v) is 37.7. The molecule has 0 saturated heterocycles. The number of benzene rings is 9. The molecule has 0 bridgehead atoms. The second-order valence-corrected chi connectivity index (χ2v) is 19.7. The summed E-state index contributed by atoms with van der Waals surface area (Å²) in [5.41, 5.74) is 0. The minimum absolute atomic E-state index is 0. The van der Waals surface area contributed by atoms with E-state index in [1.165, 1.54) is 47.7 Å². The van der Waals surface area contributed by atoms with E-state index in [1.807, 2.05) is 0 Å². The summed E-state index contributed by atoms with van der Waals surface area (Å²) in [6, 6.07) is 97.0. The number of hydrogen-bond acceptors (Lipinski definition) is 0. The van der Waals surface area contributed by atoms with Crippen molar-refractivity contribution in [2.45, 2.75) is 0 Å². The van der Waals surface area contributed by atoms with E-state index in [-0.39, 0.29) is 31.9 Å². The van der Waals surface area contributed by atoms with Crippen LogP contribution in [0.3, 0.4) is 0 Å². The molecule has 59 heavy (non-hydrogen) atoms. The molecule has 0 aliphatic heterocycles. The van der Waals surface area contributed by atoms with Crippen molar-refractivity contribution in [1.29, 1.82) is 0 Å². The van der Waals surface area contributed by atoms with Gasteiger partial charge < -0.3 is 12.4 Å². The summed E-state index contributed by atoms with van der Waals surface area (Å²) in [4.78, 5) is 0. The molecule has 0 heterocycles. The van der Waals surface area contributed by atoms with Crippen LogP contribution < -0.4 is 60.1 Å². The molecule has 5 heteroatoms. The summed E-state index contributed by atoms with van der Waals surface area (Å²) in [6.45, 7) is 0. The van der Waals surface area contributed by atoms with Crippen LogP contribution >= 0.6 is 23.8 Å². The van der Waals surface area contributed by atoms with Crippen LogP contribution in [0.5, 0.6) is 0 Å². The fourth-order valence-electron chi connectivity index (χ4n) is 6.54. The molecule has 9 aromatic rings. The molecule has 0 aliphatic carbocycles. The zero-order valence-electron chi connectivity index (χ0n) is 32.6. The maximum Gasteiger partial charge on any atom is 0 e. The van der Waals surface area contributed by atoms with Gasteiger partial charge >= 0.3 is 0 Å². The molecule has 0 radical (unpaired) electrons. The molecule has 0 N–H and O–H groups in total. The van der Waals surface area contributed by atoms with E-state index in [1.54, 1.807) is 0 Å². The van der Waals surface area contributed by atoms with Crippen molar-refractivity contribution in [3.63, 3.8) is 0 Å². The van der Waals surface area contributed by atoms with E-state index in [0.29, 0.717) is 0 Å². The quantitative estimate of drug-likeness (QED) is 0.105. The number of hydrogen-bond donors (Lipinski definition) is 0. The molecule has 0 spiro atoms. The fourth-order valence-corrected chi connectivity index (χ4v) is 13.5. The molecule has 0 saturated carbocycles. The first kappa shape index (κ1) is 45.3. The largest absolute Gasteiger partial charge is 1.00 e. The molecular weight excluding hydrogens is 878 g/mol. The smallest absolute Gasteiger partial charge is 0 e. The SMILES string of the molecule is [Cl-].[Ru].c1ccc(P(c2ccccc2)c2ccccc2)cc1.c1ccc(P(c2ccccc2)c2ccccc2)cc1.c1ccc(P(c2ccccc2)c2ccccc2)cc1. The average Bonchev–Trinajstić information content (AvgIpc) is 3.30. The Labute approximate surface area is 373 Å². The Hall–Kier alpha value is -4.82.